The van der Waals surface area contributed by atoms with Crippen molar-refractivity contribution in [2.24, 2.45) is 5.92 Å². The number of carbonyl (C=O) groups excluding carboxylic acids is 2. The van der Waals surface area contributed by atoms with Gasteiger partial charge in [0.25, 0.3) is 0 Å². The number of hydrogen-bond donors (Lipinski definition) is 1. The van der Waals surface area contributed by atoms with E-state index in [2.05, 4.69) is 22.2 Å². The molecule has 0 aliphatic carbocycles. The SMILES string of the molecule is CCOc1ccccc1N1CC(C(=O)Nc2ccc(N3CCN(C)CC3)cc2)CC1=O. The molecule has 2 saturated heterocycles. The molecule has 4 rings (SSSR count). The topological polar surface area (TPSA) is 65.1 Å². The Bertz CT molecular complexity index is 923. The van der Waals surface area contributed by atoms with Gasteiger partial charge in [-0.3, -0.25) is 9.59 Å². The van der Waals surface area contributed by atoms with Crippen LogP contribution in [0, 0.1) is 5.92 Å². The summed E-state index contributed by atoms with van der Waals surface area (Å²) in [5.41, 5.74) is 2.64. The second kappa shape index (κ2) is 9.39. The van der Waals surface area contributed by atoms with Crippen molar-refractivity contribution in [2.45, 2.75) is 13.3 Å². The summed E-state index contributed by atoms with van der Waals surface area (Å²) < 4.78 is 5.66. The minimum Gasteiger partial charge on any atom is -0.492 e. The molecule has 7 nitrogen and oxygen atoms in total. The van der Waals surface area contributed by atoms with Gasteiger partial charge in [-0.15, -0.1) is 0 Å². The van der Waals surface area contributed by atoms with Crippen LogP contribution in [0.5, 0.6) is 5.75 Å². The fourth-order valence-corrected chi connectivity index (χ4v) is 4.14. The van der Waals surface area contributed by atoms with Crippen molar-refractivity contribution in [2.75, 3.05) is 61.5 Å². The number of rotatable bonds is 6. The Morgan fingerprint density at radius 2 is 1.77 bits per heavy atom. The van der Waals surface area contributed by atoms with Crippen molar-refractivity contribution < 1.29 is 14.3 Å². The number of anilines is 3. The maximum absolute atomic E-state index is 12.8. The molecule has 1 N–H and O–H groups in total. The van der Waals surface area contributed by atoms with Crippen LogP contribution < -0.4 is 19.9 Å². The van der Waals surface area contributed by atoms with Gasteiger partial charge in [-0.2, -0.15) is 0 Å². The molecule has 0 spiro atoms. The Balaban J connectivity index is 1.38. The monoisotopic (exact) mass is 422 g/mol. The average Bonchev–Trinajstić information content (AvgIpc) is 3.17. The van der Waals surface area contributed by atoms with Gasteiger partial charge in [-0.05, 0) is 50.4 Å². The first-order valence-electron chi connectivity index (χ1n) is 10.9. The Morgan fingerprint density at radius 3 is 2.48 bits per heavy atom. The largest absolute Gasteiger partial charge is 0.492 e. The predicted molar refractivity (Wildman–Crippen MR) is 123 cm³/mol. The standard InChI is InChI=1S/C24H30N4O3/c1-3-31-22-7-5-4-6-21(22)28-17-18(16-23(28)29)24(30)25-19-8-10-20(11-9-19)27-14-12-26(2)13-15-27/h4-11,18H,3,12-17H2,1-2H3,(H,25,30). The lowest BCUT2D eigenvalue weighted by molar-refractivity contribution is -0.122. The summed E-state index contributed by atoms with van der Waals surface area (Å²) in [5.74, 6) is 0.0909. The number of amides is 2. The first kappa shape index (κ1) is 21.2. The molecule has 2 heterocycles. The molecule has 2 amide bonds. The molecule has 31 heavy (non-hydrogen) atoms. The molecule has 1 unspecified atom stereocenters. The van der Waals surface area contributed by atoms with Gasteiger partial charge in [0.1, 0.15) is 5.75 Å². The number of para-hydroxylation sites is 2. The number of nitrogens with zero attached hydrogens (tertiary/aromatic N) is 3. The zero-order valence-corrected chi connectivity index (χ0v) is 18.2. The summed E-state index contributed by atoms with van der Waals surface area (Å²) in [6.07, 6.45) is 0.200. The lowest BCUT2D eigenvalue weighted by Crippen LogP contribution is -2.44. The number of benzene rings is 2. The van der Waals surface area contributed by atoms with Crippen LogP contribution in [-0.4, -0.2) is 63.1 Å². The van der Waals surface area contributed by atoms with Gasteiger partial charge in [0.2, 0.25) is 11.8 Å². The van der Waals surface area contributed by atoms with Gasteiger partial charge in [0.05, 0.1) is 18.2 Å². The maximum atomic E-state index is 12.8. The normalized spacial score (nSPS) is 19.5. The molecule has 2 aliphatic rings. The lowest BCUT2D eigenvalue weighted by Gasteiger charge is -2.34. The molecule has 0 aromatic heterocycles. The smallest absolute Gasteiger partial charge is 0.229 e. The zero-order valence-electron chi connectivity index (χ0n) is 18.2. The summed E-state index contributed by atoms with van der Waals surface area (Å²) in [4.78, 5) is 31.8. The highest BCUT2D eigenvalue weighted by atomic mass is 16.5. The van der Waals surface area contributed by atoms with Gasteiger partial charge >= 0.3 is 0 Å². The van der Waals surface area contributed by atoms with Crippen molar-refractivity contribution in [3.63, 3.8) is 0 Å². The second-order valence-electron chi connectivity index (χ2n) is 8.13. The van der Waals surface area contributed by atoms with Crippen molar-refractivity contribution >= 4 is 28.9 Å². The summed E-state index contributed by atoms with van der Waals surface area (Å²) >= 11 is 0. The molecular formula is C24H30N4O3. The van der Waals surface area contributed by atoms with Crippen molar-refractivity contribution in [1.82, 2.24) is 4.90 Å². The van der Waals surface area contributed by atoms with Crippen molar-refractivity contribution in [3.8, 4) is 5.75 Å². The third kappa shape index (κ3) is 4.82. The van der Waals surface area contributed by atoms with E-state index in [4.69, 9.17) is 4.74 Å². The number of likely N-dealkylation sites (N-methyl/N-ethyl adjacent to an activating group) is 1. The third-order valence-electron chi connectivity index (χ3n) is 5.95. The van der Waals surface area contributed by atoms with Gasteiger partial charge in [-0.1, -0.05) is 12.1 Å². The van der Waals surface area contributed by atoms with Crippen LogP contribution in [0.4, 0.5) is 17.1 Å². The molecule has 2 fully saturated rings. The molecule has 2 aromatic rings. The van der Waals surface area contributed by atoms with Crippen LogP contribution in [-0.2, 0) is 9.59 Å². The lowest BCUT2D eigenvalue weighted by atomic mass is 10.1. The van der Waals surface area contributed by atoms with E-state index in [1.807, 2.05) is 55.5 Å². The highest BCUT2D eigenvalue weighted by Crippen LogP contribution is 2.33. The van der Waals surface area contributed by atoms with E-state index in [0.29, 0.717) is 18.9 Å². The number of ether oxygens (including phenoxy) is 1. The molecule has 0 bridgehead atoms. The molecule has 1 atom stereocenters. The molecule has 0 saturated carbocycles. The summed E-state index contributed by atoms with van der Waals surface area (Å²) in [7, 11) is 2.14. The Kier molecular flexibility index (Phi) is 6.42. The van der Waals surface area contributed by atoms with Crippen LogP contribution in [0.3, 0.4) is 0 Å². The van der Waals surface area contributed by atoms with Crippen LogP contribution in [0.15, 0.2) is 48.5 Å². The molecule has 2 aliphatic heterocycles. The quantitative estimate of drug-likeness (QED) is 0.776. The molecule has 164 valence electrons. The predicted octanol–water partition coefficient (Wildman–Crippen LogP) is 2.83. The van der Waals surface area contributed by atoms with Crippen molar-refractivity contribution in [3.05, 3.63) is 48.5 Å². The zero-order chi connectivity index (χ0) is 21.8. The van der Waals surface area contributed by atoms with E-state index in [1.165, 1.54) is 5.69 Å². The van der Waals surface area contributed by atoms with E-state index >= 15 is 0 Å². The van der Waals surface area contributed by atoms with E-state index in [0.717, 1.165) is 37.6 Å². The Morgan fingerprint density at radius 1 is 1.06 bits per heavy atom. The minimum absolute atomic E-state index is 0.0577. The molecule has 7 heteroatoms. The second-order valence-corrected chi connectivity index (χ2v) is 8.13. The van der Waals surface area contributed by atoms with Gasteiger partial charge in [0.15, 0.2) is 0 Å². The molecular weight excluding hydrogens is 392 g/mol. The summed E-state index contributed by atoms with van der Waals surface area (Å²) in [5, 5.41) is 2.98. The van der Waals surface area contributed by atoms with Crippen LogP contribution in [0.1, 0.15) is 13.3 Å². The average molecular weight is 423 g/mol. The molecule has 2 aromatic carbocycles. The van der Waals surface area contributed by atoms with Crippen molar-refractivity contribution in [1.29, 1.82) is 0 Å². The Labute approximate surface area is 183 Å². The number of hydrogen-bond acceptors (Lipinski definition) is 5. The van der Waals surface area contributed by atoms with Crippen LogP contribution >= 0.6 is 0 Å². The highest BCUT2D eigenvalue weighted by Gasteiger charge is 2.36. The van der Waals surface area contributed by atoms with E-state index in [1.54, 1.807) is 4.90 Å². The van der Waals surface area contributed by atoms with Gasteiger partial charge in [0, 0.05) is 50.5 Å². The number of nitrogens with one attached hydrogen (secondary N) is 1. The fraction of sp³-hybridized carbons (Fsp3) is 0.417. The van der Waals surface area contributed by atoms with Gasteiger partial charge in [-0.25, -0.2) is 0 Å². The highest BCUT2D eigenvalue weighted by molar-refractivity contribution is 6.04. The first-order chi connectivity index (χ1) is 15.0. The van der Waals surface area contributed by atoms with Crippen LogP contribution in [0.25, 0.3) is 0 Å². The summed E-state index contributed by atoms with van der Waals surface area (Å²) in [6, 6.07) is 15.4. The Hall–Kier alpha value is -3.06. The molecule has 0 radical (unpaired) electrons. The minimum atomic E-state index is -0.389. The van der Waals surface area contributed by atoms with E-state index in [-0.39, 0.29) is 24.2 Å². The maximum Gasteiger partial charge on any atom is 0.229 e. The summed E-state index contributed by atoms with van der Waals surface area (Å²) in [6.45, 7) is 6.90. The number of carbonyl (C=O) groups is 2. The van der Waals surface area contributed by atoms with Gasteiger partial charge < -0.3 is 24.8 Å². The van der Waals surface area contributed by atoms with Crippen LogP contribution in [0.2, 0.25) is 0 Å². The number of piperazine rings is 1. The third-order valence-corrected chi connectivity index (χ3v) is 5.95. The van der Waals surface area contributed by atoms with E-state index in [9.17, 15) is 9.59 Å². The van der Waals surface area contributed by atoms with E-state index < -0.39 is 0 Å². The fourth-order valence-electron chi connectivity index (χ4n) is 4.14. The first-order valence-corrected chi connectivity index (χ1v) is 10.9.